The molecule has 2 aliphatic rings. The second kappa shape index (κ2) is 38.5. The van der Waals surface area contributed by atoms with Crippen LogP contribution >= 0.6 is 0 Å². The lowest BCUT2D eigenvalue weighted by Crippen LogP contribution is -2.41. The van der Waals surface area contributed by atoms with E-state index in [0.29, 0.717) is 24.2 Å². The van der Waals surface area contributed by atoms with Gasteiger partial charge in [0.2, 0.25) is 11.9 Å². The molecule has 0 unspecified atom stereocenters. The molecular weight excluding hydrogens is 985 g/mol. The number of aliphatic hydroxyl groups is 2. The van der Waals surface area contributed by atoms with Crippen molar-refractivity contribution in [2.45, 2.75) is 273 Å². The fourth-order valence-electron chi connectivity index (χ4n) is 8.52. The number of carbonyl (C=O) groups excluding carboxylic acids is 6. The topological polar surface area (TPSA) is 207 Å². The van der Waals surface area contributed by atoms with E-state index in [0.717, 1.165) is 44.1 Å². The van der Waals surface area contributed by atoms with Crippen LogP contribution in [0, 0.1) is 10.8 Å². The Bertz CT molecular complexity index is 1940. The molecule has 0 bridgehead atoms. The molecule has 77 heavy (non-hydrogen) atoms. The summed E-state index contributed by atoms with van der Waals surface area (Å²) in [5.41, 5.74) is -0.418. The second-order valence-electron chi connectivity index (χ2n) is 22.9. The number of hydrogen-bond donors (Lipinski definition) is 2. The highest BCUT2D eigenvalue weighted by atomic mass is 16.6. The van der Waals surface area contributed by atoms with Crippen molar-refractivity contribution in [3.63, 3.8) is 0 Å². The van der Waals surface area contributed by atoms with E-state index in [1.165, 1.54) is 122 Å². The molecule has 0 aromatic heterocycles. The molecular formula is C62H100O15. The van der Waals surface area contributed by atoms with Crippen molar-refractivity contribution in [2.75, 3.05) is 13.2 Å². The molecule has 1 aromatic carbocycles. The van der Waals surface area contributed by atoms with Crippen molar-refractivity contribution in [1.82, 2.24) is 0 Å². The molecule has 2 N–H and O–H groups in total. The first kappa shape index (κ1) is 68.0. The Morgan fingerprint density at radius 2 is 0.870 bits per heavy atom. The molecule has 0 aliphatic carbocycles. The molecule has 2 aliphatic heterocycles. The van der Waals surface area contributed by atoms with Gasteiger partial charge in [0.05, 0.1) is 16.4 Å². The summed E-state index contributed by atoms with van der Waals surface area (Å²) in [5.74, 6) is -4.97. The van der Waals surface area contributed by atoms with Crippen LogP contribution in [-0.4, -0.2) is 83.7 Å². The van der Waals surface area contributed by atoms with Crippen LogP contribution in [0.3, 0.4) is 0 Å². The Hall–Kier alpha value is -5.08. The first-order chi connectivity index (χ1) is 36.7. The average molecular weight is 1090 g/mol. The molecule has 0 amide bonds. The first-order valence-corrected chi connectivity index (χ1v) is 29.4. The molecule has 1 aromatic rings. The van der Waals surface area contributed by atoms with Gasteiger partial charge in [0.1, 0.15) is 19.8 Å². The van der Waals surface area contributed by atoms with Crippen LogP contribution in [0.15, 0.2) is 53.2 Å². The third-order valence-electron chi connectivity index (χ3n) is 13.5. The van der Waals surface area contributed by atoms with Gasteiger partial charge in [0.25, 0.3) is 0 Å². The Morgan fingerprint density at radius 1 is 0.519 bits per heavy atom. The van der Waals surface area contributed by atoms with Crippen LogP contribution in [-0.2, 0) is 68.5 Å². The summed E-state index contributed by atoms with van der Waals surface area (Å²) in [6.45, 7) is 15.8. The zero-order valence-electron chi connectivity index (χ0n) is 48.8. The molecule has 4 atom stereocenters. The summed E-state index contributed by atoms with van der Waals surface area (Å²) < 4.78 is 38.3. The molecule has 15 nitrogen and oxygen atoms in total. The van der Waals surface area contributed by atoms with Crippen LogP contribution in [0.4, 0.5) is 0 Å². The molecule has 438 valence electrons. The standard InChI is InChI=1S/C35H54O7.C27H46O8/c1-6-7-8-9-10-11-12-13-14-15-16-17-21-24-30(36)39-26-29(41-34(38)35(3,4)5)32-31(27(2)33(37)42-32)40-25-28-22-19-18-20-23-28;1-5-6-7-8-9-10-11-12-13-14-15-16-17-18-21(28)33-19-20(34-26(32)27(2,3)4)24-22(29)23(30)25(31)35-24/h18-20,22-23,29,32H,6-17,21,24-26H2,1-5H3;20,24,29-30H,5-19H2,1-4H3/t29-,32+;20-,24+/m00/s1. The van der Waals surface area contributed by atoms with Gasteiger partial charge in [-0.05, 0) is 66.9 Å². The third kappa shape index (κ3) is 28.9. The molecule has 0 fully saturated rings. The predicted octanol–water partition coefficient (Wildman–Crippen LogP) is 14.6. The number of aliphatic hydroxyl groups excluding tert-OH is 2. The van der Waals surface area contributed by atoms with Gasteiger partial charge in [0.15, 0.2) is 29.8 Å². The van der Waals surface area contributed by atoms with Crippen LogP contribution in [0.2, 0.25) is 0 Å². The van der Waals surface area contributed by atoms with E-state index in [1.54, 1.807) is 48.5 Å². The number of rotatable bonds is 39. The second-order valence-corrected chi connectivity index (χ2v) is 22.9. The molecule has 0 saturated heterocycles. The van der Waals surface area contributed by atoms with E-state index in [-0.39, 0.29) is 25.6 Å². The Kier molecular flexibility index (Phi) is 34.0. The predicted molar refractivity (Wildman–Crippen MR) is 297 cm³/mol. The molecule has 0 spiro atoms. The highest BCUT2D eigenvalue weighted by molar-refractivity contribution is 5.91. The summed E-state index contributed by atoms with van der Waals surface area (Å²) in [6, 6.07) is 9.54. The van der Waals surface area contributed by atoms with Gasteiger partial charge in [-0.1, -0.05) is 198 Å². The lowest BCUT2D eigenvalue weighted by atomic mass is 9.97. The summed E-state index contributed by atoms with van der Waals surface area (Å²) in [4.78, 5) is 73.8. The van der Waals surface area contributed by atoms with Crippen molar-refractivity contribution >= 4 is 35.8 Å². The van der Waals surface area contributed by atoms with Crippen molar-refractivity contribution in [1.29, 1.82) is 0 Å². The monoisotopic (exact) mass is 1080 g/mol. The lowest BCUT2D eigenvalue weighted by molar-refractivity contribution is -0.177. The van der Waals surface area contributed by atoms with E-state index in [1.807, 2.05) is 30.3 Å². The van der Waals surface area contributed by atoms with E-state index in [4.69, 9.17) is 33.2 Å². The number of esters is 6. The maximum atomic E-state index is 12.8. The van der Waals surface area contributed by atoms with Gasteiger partial charge in [-0.25, -0.2) is 9.59 Å². The summed E-state index contributed by atoms with van der Waals surface area (Å²) in [6.07, 6.45) is 27.6. The van der Waals surface area contributed by atoms with Gasteiger partial charge >= 0.3 is 35.8 Å². The maximum Gasteiger partial charge on any atom is 0.378 e. The summed E-state index contributed by atoms with van der Waals surface area (Å²) in [5, 5.41) is 19.5. The van der Waals surface area contributed by atoms with E-state index >= 15 is 0 Å². The third-order valence-corrected chi connectivity index (χ3v) is 13.5. The highest BCUT2D eigenvalue weighted by Gasteiger charge is 2.45. The van der Waals surface area contributed by atoms with E-state index in [9.17, 15) is 39.0 Å². The number of unbranched alkanes of at least 4 members (excludes halogenated alkanes) is 24. The molecule has 0 radical (unpaired) electrons. The zero-order chi connectivity index (χ0) is 57.1. The van der Waals surface area contributed by atoms with Gasteiger partial charge in [-0.15, -0.1) is 0 Å². The van der Waals surface area contributed by atoms with Crippen molar-refractivity contribution in [3.05, 3.63) is 58.7 Å². The van der Waals surface area contributed by atoms with E-state index in [2.05, 4.69) is 13.8 Å². The minimum absolute atomic E-state index is 0.220. The number of ether oxygens (including phenoxy) is 7. The largest absolute Gasteiger partial charge is 0.505 e. The average Bonchev–Trinajstić information content (AvgIpc) is 3.83. The first-order valence-electron chi connectivity index (χ1n) is 29.4. The van der Waals surface area contributed by atoms with Crippen molar-refractivity contribution in [3.8, 4) is 0 Å². The molecule has 0 saturated carbocycles. The number of hydrogen-bond acceptors (Lipinski definition) is 15. The van der Waals surface area contributed by atoms with Gasteiger partial charge in [-0.2, -0.15) is 0 Å². The zero-order valence-corrected chi connectivity index (χ0v) is 48.8. The fraction of sp³-hybridized carbons (Fsp3) is 0.742. The summed E-state index contributed by atoms with van der Waals surface area (Å²) in [7, 11) is 0. The lowest BCUT2D eigenvalue weighted by Gasteiger charge is -2.27. The fourth-order valence-corrected chi connectivity index (χ4v) is 8.52. The minimum atomic E-state index is -1.42. The normalized spacial score (nSPS) is 16.3. The molecule has 15 heteroatoms. The van der Waals surface area contributed by atoms with Crippen LogP contribution in [0.1, 0.15) is 248 Å². The highest BCUT2D eigenvalue weighted by Crippen LogP contribution is 2.31. The quantitative estimate of drug-likeness (QED) is 0.0357. The van der Waals surface area contributed by atoms with Gasteiger partial charge in [-0.3, -0.25) is 19.2 Å². The summed E-state index contributed by atoms with van der Waals surface area (Å²) >= 11 is 0. The van der Waals surface area contributed by atoms with Crippen LogP contribution in [0.5, 0.6) is 0 Å². The Balaban J connectivity index is 0.000000536. The van der Waals surface area contributed by atoms with Crippen molar-refractivity contribution < 1.29 is 72.1 Å². The number of carbonyl (C=O) groups is 6. The maximum absolute atomic E-state index is 12.8. The van der Waals surface area contributed by atoms with Gasteiger partial charge in [0, 0.05) is 12.8 Å². The molecule has 3 rings (SSSR count). The molecule has 2 heterocycles. The smallest absolute Gasteiger partial charge is 0.378 e. The SMILES string of the molecule is CCCCCCCCCCCCCCCC(=O)OC[C@H](OC(=O)C(C)(C)C)[C@H]1OC(=O)C(C)=C1OCc1ccccc1.CCCCCCCCCCCCCCCC(=O)OC[C@H](OC(=O)C(C)(C)C)[C@H]1OC(=O)C(O)=C1O. The number of cyclic esters (lactones) is 2. The van der Waals surface area contributed by atoms with Crippen molar-refractivity contribution in [2.24, 2.45) is 10.8 Å². The number of benzene rings is 1. The van der Waals surface area contributed by atoms with E-state index < -0.39 is 83.2 Å². The Morgan fingerprint density at radius 3 is 1.22 bits per heavy atom. The van der Waals surface area contributed by atoms with Crippen LogP contribution in [0.25, 0.3) is 0 Å². The Labute approximate surface area is 462 Å². The van der Waals surface area contributed by atoms with Gasteiger partial charge < -0.3 is 43.4 Å². The van der Waals surface area contributed by atoms with Crippen LogP contribution < -0.4 is 0 Å². The minimum Gasteiger partial charge on any atom is -0.505 e.